The van der Waals surface area contributed by atoms with Crippen LogP contribution in [0.25, 0.3) is 0 Å². The number of carbonyl (C=O) groups is 2. The third-order valence-corrected chi connectivity index (χ3v) is 8.41. The van der Waals surface area contributed by atoms with Crippen LogP contribution in [0, 0.1) is 0 Å². The van der Waals surface area contributed by atoms with E-state index in [1.807, 2.05) is 0 Å². The number of ketones is 2. The first-order valence-corrected chi connectivity index (χ1v) is 12.9. The average Bonchev–Trinajstić information content (AvgIpc) is 2.90. The highest BCUT2D eigenvalue weighted by atomic mass is 16.7. The Balaban J connectivity index is 1.68. The highest BCUT2D eigenvalue weighted by Crippen LogP contribution is 2.52. The molecule has 1 heterocycles. The lowest BCUT2D eigenvalue weighted by Gasteiger charge is -2.44. The lowest BCUT2D eigenvalue weighted by Crippen LogP contribution is -2.54. The van der Waals surface area contributed by atoms with Gasteiger partial charge < -0.3 is 45.7 Å². The number of benzene rings is 2. The van der Waals surface area contributed by atoms with Crippen molar-refractivity contribution in [2.45, 2.75) is 75.4 Å². The maximum Gasteiger partial charge on any atom is 0.202 e. The first kappa shape index (κ1) is 27.5. The highest BCUT2D eigenvalue weighted by Gasteiger charge is 2.49. The molecule has 5 rings (SSSR count). The Hall–Kier alpha value is -3.06. The van der Waals surface area contributed by atoms with Gasteiger partial charge in [-0.1, -0.05) is 12.1 Å². The first-order valence-electron chi connectivity index (χ1n) is 12.9. The third-order valence-electron chi connectivity index (χ3n) is 8.41. The van der Waals surface area contributed by atoms with Crippen molar-refractivity contribution in [3.63, 3.8) is 0 Å². The number of aliphatic hydroxyl groups excluding tert-OH is 1. The monoisotopic (exact) mass is 542 g/mol. The van der Waals surface area contributed by atoms with Gasteiger partial charge in [-0.2, -0.15) is 0 Å². The van der Waals surface area contributed by atoms with E-state index >= 15 is 0 Å². The van der Waals surface area contributed by atoms with Crippen LogP contribution in [0.4, 0.5) is 0 Å². The van der Waals surface area contributed by atoms with E-state index < -0.39 is 65.4 Å². The molecule has 39 heavy (non-hydrogen) atoms. The van der Waals surface area contributed by atoms with Crippen LogP contribution < -0.4 is 15.8 Å². The van der Waals surface area contributed by atoms with E-state index in [4.69, 9.17) is 19.9 Å². The molecule has 3 aliphatic rings. The van der Waals surface area contributed by atoms with Crippen LogP contribution in [0.5, 0.6) is 17.2 Å². The summed E-state index contributed by atoms with van der Waals surface area (Å²) in [4.78, 5) is 27.3. The maximum atomic E-state index is 13.7. The Labute approximate surface area is 225 Å². The molecule has 0 amide bonds. The van der Waals surface area contributed by atoms with Crippen LogP contribution in [0.3, 0.4) is 0 Å². The van der Waals surface area contributed by atoms with Crippen LogP contribution in [0.1, 0.15) is 75.8 Å². The van der Waals surface area contributed by atoms with Crippen LogP contribution in [-0.4, -0.2) is 82.3 Å². The van der Waals surface area contributed by atoms with Crippen molar-refractivity contribution in [1.29, 1.82) is 0 Å². The molecule has 11 nitrogen and oxygen atoms in total. The van der Waals surface area contributed by atoms with Gasteiger partial charge in [0, 0.05) is 48.0 Å². The first-order chi connectivity index (χ1) is 18.4. The van der Waals surface area contributed by atoms with E-state index in [2.05, 4.69) is 5.32 Å². The maximum absolute atomic E-state index is 13.7. The summed E-state index contributed by atoms with van der Waals surface area (Å²) in [6.07, 6.45) is -3.49. The molecule has 2 aromatic carbocycles. The number of hydrogen-bond donors (Lipinski definition) is 6. The third kappa shape index (κ3) is 4.21. The standard InChI is InChI=1S/C28H34N2O9/c1-11-23(31)15(29)8-18(38-11)39-17-10-28(36,12(2)30-3)9-14-20(17)27(35)22-21(25(14)33)24(32)13-6-5-7-16(37-4)19(13)26(22)34/h5-7,11-12,15,17-18,23,30-31,33,35-36H,8-10,29H2,1-4H3/t11-,12?,15-,17?,18-,23+,28?/m0/s1. The van der Waals surface area contributed by atoms with Crippen molar-refractivity contribution in [3.8, 4) is 17.2 Å². The van der Waals surface area contributed by atoms with Gasteiger partial charge in [0.25, 0.3) is 0 Å². The molecular formula is C28H34N2O9. The predicted octanol–water partition coefficient (Wildman–Crippen LogP) is 1.05. The second-order valence-electron chi connectivity index (χ2n) is 10.7. The zero-order chi connectivity index (χ0) is 28.4. The number of rotatable bonds is 5. The lowest BCUT2D eigenvalue weighted by molar-refractivity contribution is -0.248. The molecule has 1 saturated heterocycles. The summed E-state index contributed by atoms with van der Waals surface area (Å²) in [6.45, 7) is 3.42. The number of carbonyl (C=O) groups excluding carboxylic acids is 2. The minimum atomic E-state index is -1.46. The van der Waals surface area contributed by atoms with E-state index in [9.17, 15) is 30.0 Å². The molecule has 1 fully saturated rings. The SMILES string of the molecule is CNC(C)C1(O)Cc2c(O)c3c(c(O)c2C(O[C@H]2C[C@H](N)[C@H](O)[C@H](C)O2)C1)C(=O)c1c(OC)cccc1C3=O. The number of ether oxygens (including phenoxy) is 3. The van der Waals surface area contributed by atoms with Crippen molar-refractivity contribution in [3.05, 3.63) is 51.6 Å². The number of phenols is 2. The molecule has 210 valence electrons. The van der Waals surface area contributed by atoms with E-state index in [0.29, 0.717) is 0 Å². The molecule has 3 unspecified atom stereocenters. The molecule has 7 N–H and O–H groups in total. The number of fused-ring (bicyclic) bond motifs is 3. The molecule has 1 aliphatic heterocycles. The number of hydrogen-bond acceptors (Lipinski definition) is 11. The molecule has 0 spiro atoms. The van der Waals surface area contributed by atoms with Gasteiger partial charge in [0.05, 0.1) is 47.7 Å². The molecule has 0 aromatic heterocycles. The molecule has 7 atom stereocenters. The molecular weight excluding hydrogens is 508 g/mol. The van der Waals surface area contributed by atoms with Gasteiger partial charge in [-0.3, -0.25) is 9.59 Å². The van der Waals surface area contributed by atoms with E-state index in [1.165, 1.54) is 19.2 Å². The zero-order valence-electron chi connectivity index (χ0n) is 22.2. The van der Waals surface area contributed by atoms with Gasteiger partial charge in [-0.25, -0.2) is 0 Å². The second-order valence-corrected chi connectivity index (χ2v) is 10.7. The van der Waals surface area contributed by atoms with Crippen molar-refractivity contribution in [2.24, 2.45) is 5.73 Å². The summed E-state index contributed by atoms with van der Waals surface area (Å²) in [6, 6.07) is 3.45. The molecule has 0 bridgehead atoms. The fourth-order valence-electron chi connectivity index (χ4n) is 6.02. The predicted molar refractivity (Wildman–Crippen MR) is 138 cm³/mol. The Kier molecular flexibility index (Phi) is 6.94. The lowest BCUT2D eigenvalue weighted by atomic mass is 9.71. The number of phenolic OH excluding ortho intramolecular Hbond substituents is 2. The fraction of sp³-hybridized carbons (Fsp3) is 0.500. The minimum absolute atomic E-state index is 0.00913. The number of methoxy groups -OCH3 is 1. The number of aromatic hydroxyl groups is 2. The van der Waals surface area contributed by atoms with Crippen molar-refractivity contribution in [1.82, 2.24) is 5.32 Å². The van der Waals surface area contributed by atoms with E-state index in [-0.39, 0.29) is 58.4 Å². The van der Waals surface area contributed by atoms with Crippen molar-refractivity contribution < 1.29 is 44.2 Å². The van der Waals surface area contributed by atoms with E-state index in [1.54, 1.807) is 27.0 Å². The number of aliphatic hydroxyl groups is 2. The zero-order valence-corrected chi connectivity index (χ0v) is 22.2. The van der Waals surface area contributed by atoms with Gasteiger partial charge in [0.2, 0.25) is 5.78 Å². The van der Waals surface area contributed by atoms with Crippen molar-refractivity contribution >= 4 is 11.6 Å². The quantitative estimate of drug-likeness (QED) is 0.254. The van der Waals surface area contributed by atoms with Crippen molar-refractivity contribution in [2.75, 3.05) is 14.2 Å². The average molecular weight is 543 g/mol. The van der Waals surface area contributed by atoms with E-state index in [0.717, 1.165) is 0 Å². The summed E-state index contributed by atoms with van der Waals surface area (Å²) in [5.41, 5.74) is 4.17. The van der Waals surface area contributed by atoms with Gasteiger partial charge in [-0.05, 0) is 27.0 Å². The summed E-state index contributed by atoms with van der Waals surface area (Å²) in [5, 5.41) is 48.0. The van der Waals surface area contributed by atoms with Crippen LogP contribution in [-0.2, 0) is 15.9 Å². The second kappa shape index (κ2) is 9.84. The summed E-state index contributed by atoms with van der Waals surface area (Å²) >= 11 is 0. The van der Waals surface area contributed by atoms with Gasteiger partial charge in [0.1, 0.15) is 17.2 Å². The largest absolute Gasteiger partial charge is 0.507 e. The molecule has 2 aromatic rings. The number of nitrogens with one attached hydrogen (secondary N) is 1. The molecule has 11 heteroatoms. The van der Waals surface area contributed by atoms with Gasteiger partial charge >= 0.3 is 0 Å². The molecule has 0 radical (unpaired) electrons. The fourth-order valence-corrected chi connectivity index (χ4v) is 6.02. The van der Waals surface area contributed by atoms with Crippen LogP contribution >= 0.6 is 0 Å². The Morgan fingerprint density at radius 3 is 2.49 bits per heavy atom. The topological polar surface area (TPSA) is 181 Å². The Morgan fingerprint density at radius 1 is 1.15 bits per heavy atom. The summed E-state index contributed by atoms with van der Waals surface area (Å²) < 4.78 is 17.4. The van der Waals surface area contributed by atoms with Crippen LogP contribution in [0.2, 0.25) is 0 Å². The molecule has 0 saturated carbocycles. The molecule has 2 aliphatic carbocycles. The van der Waals surface area contributed by atoms with Gasteiger partial charge in [0.15, 0.2) is 12.1 Å². The highest BCUT2D eigenvalue weighted by molar-refractivity contribution is 6.31. The number of nitrogens with two attached hydrogens (primary N) is 1. The smallest absolute Gasteiger partial charge is 0.202 e. The van der Waals surface area contributed by atoms with Crippen LogP contribution in [0.15, 0.2) is 18.2 Å². The van der Waals surface area contributed by atoms with Gasteiger partial charge in [-0.15, -0.1) is 0 Å². The normalized spacial score (nSPS) is 30.8. The Bertz CT molecular complexity index is 1330. The summed E-state index contributed by atoms with van der Waals surface area (Å²) in [5.74, 6) is -2.17. The summed E-state index contributed by atoms with van der Waals surface area (Å²) in [7, 11) is 3.05. The Morgan fingerprint density at radius 2 is 1.85 bits per heavy atom. The minimum Gasteiger partial charge on any atom is -0.507 e. The number of likely N-dealkylation sites (N-methyl/N-ethyl adjacent to an activating group) is 1.